The lowest BCUT2D eigenvalue weighted by Crippen LogP contribution is -2.27. The Labute approximate surface area is 174 Å². The first-order valence-corrected chi connectivity index (χ1v) is 9.68. The van der Waals surface area contributed by atoms with Crippen LogP contribution in [0.1, 0.15) is 21.6 Å². The molecule has 2 aromatic carbocycles. The highest BCUT2D eigenvalue weighted by Crippen LogP contribution is 2.25. The Kier molecular flexibility index (Phi) is 5.52. The van der Waals surface area contributed by atoms with Gasteiger partial charge in [-0.15, -0.1) is 0 Å². The van der Waals surface area contributed by atoms with Crippen LogP contribution in [-0.2, 0) is 6.54 Å². The number of pyridine rings is 2. The zero-order valence-corrected chi connectivity index (χ0v) is 16.6. The van der Waals surface area contributed by atoms with Gasteiger partial charge in [-0.1, -0.05) is 54.6 Å². The molecular formula is C25H21N3O2. The number of rotatable bonds is 5. The van der Waals surface area contributed by atoms with Gasteiger partial charge in [-0.3, -0.25) is 14.6 Å². The maximum atomic E-state index is 13.2. The molecule has 0 fully saturated rings. The fraction of sp³-hybridized carbons (Fsp3) is 0.0800. The summed E-state index contributed by atoms with van der Waals surface area (Å²) >= 11 is 0. The van der Waals surface area contributed by atoms with Crippen LogP contribution in [0.2, 0.25) is 0 Å². The first-order valence-electron chi connectivity index (χ1n) is 9.68. The molecule has 0 aliphatic heterocycles. The van der Waals surface area contributed by atoms with Crippen LogP contribution >= 0.6 is 0 Å². The Hall–Kier alpha value is -3.99. The van der Waals surface area contributed by atoms with Gasteiger partial charge in [0.05, 0.1) is 5.69 Å². The lowest BCUT2D eigenvalue weighted by atomic mass is 10.0. The van der Waals surface area contributed by atoms with E-state index in [1.165, 1.54) is 6.07 Å². The molecule has 0 unspecified atom stereocenters. The molecule has 0 radical (unpaired) electrons. The minimum atomic E-state index is -0.426. The van der Waals surface area contributed by atoms with E-state index in [1.807, 2.05) is 72.2 Å². The van der Waals surface area contributed by atoms with E-state index in [0.717, 1.165) is 16.8 Å². The van der Waals surface area contributed by atoms with E-state index >= 15 is 0 Å². The fourth-order valence-electron chi connectivity index (χ4n) is 3.48. The van der Waals surface area contributed by atoms with Crippen molar-refractivity contribution in [2.75, 3.05) is 5.32 Å². The number of benzene rings is 2. The van der Waals surface area contributed by atoms with Crippen molar-refractivity contribution in [3.05, 3.63) is 118 Å². The molecule has 5 nitrogen and oxygen atoms in total. The van der Waals surface area contributed by atoms with Gasteiger partial charge in [0.25, 0.3) is 5.91 Å². The highest BCUT2D eigenvalue weighted by Gasteiger charge is 2.22. The van der Waals surface area contributed by atoms with Gasteiger partial charge in [0.15, 0.2) is 5.43 Å². The topological polar surface area (TPSA) is 64.0 Å². The minimum absolute atomic E-state index is 0.125. The van der Waals surface area contributed by atoms with Crippen LogP contribution in [0.4, 0.5) is 5.69 Å². The molecule has 0 atom stereocenters. The molecule has 1 N–H and O–H groups in total. The Morgan fingerprint density at radius 3 is 2.33 bits per heavy atom. The first kappa shape index (κ1) is 19.3. The van der Waals surface area contributed by atoms with E-state index in [0.29, 0.717) is 17.9 Å². The van der Waals surface area contributed by atoms with Gasteiger partial charge in [-0.25, -0.2) is 0 Å². The number of anilines is 1. The lowest BCUT2D eigenvalue weighted by molar-refractivity contribution is 0.102. The molecule has 2 aromatic heterocycles. The van der Waals surface area contributed by atoms with Gasteiger partial charge in [-0.05, 0) is 36.2 Å². The third-order valence-corrected chi connectivity index (χ3v) is 4.89. The number of carbonyl (C=O) groups is 1. The standard InChI is InChI=1S/C25H21N3O2/c1-18-15-22(29)23(25(30)27-21-12-6-3-7-13-21)24(20-10-4-2-5-11-20)28(18)17-19-9-8-14-26-16-19/h2-16H,17H2,1H3,(H,27,30). The van der Waals surface area contributed by atoms with Crippen molar-refractivity contribution in [1.29, 1.82) is 0 Å². The summed E-state index contributed by atoms with van der Waals surface area (Å²) in [6.45, 7) is 2.37. The Balaban J connectivity index is 1.89. The number of nitrogens with one attached hydrogen (secondary N) is 1. The Bertz CT molecular complexity index is 1220. The first-order chi connectivity index (χ1) is 14.6. The summed E-state index contributed by atoms with van der Waals surface area (Å²) < 4.78 is 1.99. The molecule has 2 heterocycles. The molecule has 4 aromatic rings. The van der Waals surface area contributed by atoms with E-state index in [4.69, 9.17) is 0 Å². The van der Waals surface area contributed by atoms with Crippen molar-refractivity contribution in [3.63, 3.8) is 0 Å². The van der Waals surface area contributed by atoms with Crippen molar-refractivity contribution in [1.82, 2.24) is 9.55 Å². The number of hydrogen-bond donors (Lipinski definition) is 1. The van der Waals surface area contributed by atoms with Crippen LogP contribution in [0.5, 0.6) is 0 Å². The monoisotopic (exact) mass is 395 g/mol. The second kappa shape index (κ2) is 8.57. The molecule has 0 bridgehead atoms. The van der Waals surface area contributed by atoms with Crippen molar-refractivity contribution in [3.8, 4) is 11.3 Å². The smallest absolute Gasteiger partial charge is 0.261 e. The van der Waals surface area contributed by atoms with Gasteiger partial charge in [0.1, 0.15) is 5.56 Å². The van der Waals surface area contributed by atoms with E-state index in [-0.39, 0.29) is 11.0 Å². The van der Waals surface area contributed by atoms with Crippen molar-refractivity contribution < 1.29 is 4.79 Å². The maximum Gasteiger partial charge on any atom is 0.261 e. The summed E-state index contributed by atoms with van der Waals surface area (Å²) in [6.07, 6.45) is 3.51. The summed E-state index contributed by atoms with van der Waals surface area (Å²) in [6, 6.07) is 24.0. The van der Waals surface area contributed by atoms with E-state index in [1.54, 1.807) is 24.5 Å². The second-order valence-corrected chi connectivity index (χ2v) is 7.01. The van der Waals surface area contributed by atoms with Crippen molar-refractivity contribution >= 4 is 11.6 Å². The molecule has 0 aliphatic rings. The lowest BCUT2D eigenvalue weighted by Gasteiger charge is -2.20. The van der Waals surface area contributed by atoms with Crippen LogP contribution in [-0.4, -0.2) is 15.5 Å². The number of carbonyl (C=O) groups excluding carboxylic acids is 1. The predicted octanol–water partition coefficient (Wildman–Crippen LogP) is 4.52. The Morgan fingerprint density at radius 2 is 1.67 bits per heavy atom. The molecular weight excluding hydrogens is 374 g/mol. The molecule has 30 heavy (non-hydrogen) atoms. The molecule has 148 valence electrons. The average molecular weight is 395 g/mol. The quantitative estimate of drug-likeness (QED) is 0.540. The highest BCUT2D eigenvalue weighted by molar-refractivity contribution is 6.08. The number of nitrogens with zero attached hydrogens (tertiary/aromatic N) is 2. The largest absolute Gasteiger partial charge is 0.340 e. The summed E-state index contributed by atoms with van der Waals surface area (Å²) in [5, 5.41) is 2.86. The van der Waals surface area contributed by atoms with Gasteiger partial charge in [0, 0.05) is 36.4 Å². The summed E-state index contributed by atoms with van der Waals surface area (Å²) in [5.41, 5.74) is 3.62. The zero-order chi connectivity index (χ0) is 20.9. The summed E-state index contributed by atoms with van der Waals surface area (Å²) in [5.74, 6) is -0.426. The van der Waals surface area contributed by atoms with E-state index < -0.39 is 5.91 Å². The normalized spacial score (nSPS) is 10.6. The summed E-state index contributed by atoms with van der Waals surface area (Å²) in [4.78, 5) is 30.4. The van der Waals surface area contributed by atoms with Crippen LogP contribution in [0.3, 0.4) is 0 Å². The van der Waals surface area contributed by atoms with Crippen LogP contribution in [0, 0.1) is 6.92 Å². The molecule has 0 saturated heterocycles. The summed E-state index contributed by atoms with van der Waals surface area (Å²) in [7, 11) is 0. The van der Waals surface area contributed by atoms with E-state index in [2.05, 4.69) is 10.3 Å². The number of amides is 1. The molecule has 0 saturated carbocycles. The minimum Gasteiger partial charge on any atom is -0.340 e. The van der Waals surface area contributed by atoms with Crippen LogP contribution < -0.4 is 10.7 Å². The number of para-hydroxylation sites is 1. The van der Waals surface area contributed by atoms with Gasteiger partial charge < -0.3 is 9.88 Å². The number of aryl methyl sites for hydroxylation is 1. The third kappa shape index (κ3) is 4.05. The second-order valence-electron chi connectivity index (χ2n) is 7.01. The third-order valence-electron chi connectivity index (χ3n) is 4.89. The Morgan fingerprint density at radius 1 is 0.967 bits per heavy atom. The van der Waals surface area contributed by atoms with Gasteiger partial charge in [-0.2, -0.15) is 0 Å². The zero-order valence-electron chi connectivity index (χ0n) is 16.6. The van der Waals surface area contributed by atoms with Gasteiger partial charge >= 0.3 is 0 Å². The average Bonchev–Trinajstić information content (AvgIpc) is 2.77. The van der Waals surface area contributed by atoms with E-state index in [9.17, 15) is 9.59 Å². The van der Waals surface area contributed by atoms with Crippen molar-refractivity contribution in [2.24, 2.45) is 0 Å². The SMILES string of the molecule is Cc1cc(=O)c(C(=O)Nc2ccccc2)c(-c2ccccc2)n1Cc1cccnc1. The highest BCUT2D eigenvalue weighted by atomic mass is 16.2. The number of hydrogen-bond acceptors (Lipinski definition) is 3. The molecule has 5 heteroatoms. The van der Waals surface area contributed by atoms with Gasteiger partial charge in [0.2, 0.25) is 0 Å². The number of aromatic nitrogens is 2. The maximum absolute atomic E-state index is 13.2. The molecule has 0 spiro atoms. The molecule has 1 amide bonds. The molecule has 0 aliphatic carbocycles. The van der Waals surface area contributed by atoms with Crippen LogP contribution in [0.15, 0.2) is 96.1 Å². The molecule has 4 rings (SSSR count). The fourth-order valence-corrected chi connectivity index (χ4v) is 3.48. The van der Waals surface area contributed by atoms with Crippen molar-refractivity contribution in [2.45, 2.75) is 13.5 Å². The predicted molar refractivity (Wildman–Crippen MR) is 119 cm³/mol. The van der Waals surface area contributed by atoms with Crippen LogP contribution in [0.25, 0.3) is 11.3 Å².